The molecule has 0 aliphatic rings. The predicted molar refractivity (Wildman–Crippen MR) is 555 cm³/mol. The fourth-order valence-electron chi connectivity index (χ4n) is 11.1. The van der Waals surface area contributed by atoms with Crippen molar-refractivity contribution >= 4 is 106 Å². The number of allylic oxidation sites excluding steroid dienone is 6. The summed E-state index contributed by atoms with van der Waals surface area (Å²) in [7, 11) is 0. The van der Waals surface area contributed by atoms with Crippen LogP contribution in [0.5, 0.6) is 0 Å². The van der Waals surface area contributed by atoms with Crippen molar-refractivity contribution in [1.29, 1.82) is 0 Å². The van der Waals surface area contributed by atoms with E-state index in [2.05, 4.69) is 150 Å². The van der Waals surface area contributed by atoms with Crippen LogP contribution in [0.3, 0.4) is 0 Å². The summed E-state index contributed by atoms with van der Waals surface area (Å²) in [5, 5.41) is 16.0. The van der Waals surface area contributed by atoms with Gasteiger partial charge >= 0.3 is 0 Å². The molecule has 6 N–H and O–H groups in total. The molecule has 0 saturated carbocycles. The Kier molecular flexibility index (Phi) is 86.1. The highest BCUT2D eigenvalue weighted by Crippen LogP contribution is 2.12. The van der Waals surface area contributed by atoms with E-state index in [0.29, 0.717) is 221 Å². The highest BCUT2D eigenvalue weighted by Gasteiger charge is 2.23. The van der Waals surface area contributed by atoms with Crippen molar-refractivity contribution in [3.8, 4) is 0 Å². The maximum atomic E-state index is 12.5. The molecule has 0 saturated heterocycles. The third-order valence-electron chi connectivity index (χ3n) is 19.4. The van der Waals surface area contributed by atoms with Crippen LogP contribution in [-0.2, 0) is 115 Å². The number of carbonyl (C=O) groups excluding carboxylic acids is 18. The number of ketones is 6. The number of ether oxygens (including phenoxy) is 6. The average Bonchev–Trinajstić information content (AvgIpc) is 0.886. The number of hydrogen-bond donors (Lipinski definition) is 6. The van der Waals surface area contributed by atoms with Gasteiger partial charge in [-0.25, -0.2) is 0 Å². The van der Waals surface area contributed by atoms with Gasteiger partial charge in [0.25, 0.3) is 0 Å². The van der Waals surface area contributed by atoms with Gasteiger partial charge in [-0.3, -0.25) is 86.3 Å². The van der Waals surface area contributed by atoms with Gasteiger partial charge in [-0.1, -0.05) is 118 Å². The van der Waals surface area contributed by atoms with E-state index in [4.69, 9.17) is 28.4 Å². The first-order chi connectivity index (χ1) is 67.3. The van der Waals surface area contributed by atoms with Crippen molar-refractivity contribution < 1.29 is 115 Å². The van der Waals surface area contributed by atoms with Gasteiger partial charge in [-0.15, -0.1) is 0 Å². The summed E-state index contributed by atoms with van der Waals surface area (Å²) in [6, 6.07) is 0. The van der Waals surface area contributed by atoms with Crippen LogP contribution >= 0.6 is 0 Å². The minimum atomic E-state index is -0.451. The predicted octanol–water partition coefficient (Wildman–Crippen LogP) is 9.13. The molecule has 36 nitrogen and oxygen atoms in total. The molecule has 0 rings (SSSR count). The van der Waals surface area contributed by atoms with E-state index in [-0.39, 0.29) is 210 Å². The third-order valence-corrected chi connectivity index (χ3v) is 19.4. The molecule has 0 bridgehead atoms. The first-order valence-corrected chi connectivity index (χ1v) is 46.9. The second kappa shape index (κ2) is 89.1. The first-order valence-electron chi connectivity index (χ1n) is 46.9. The van der Waals surface area contributed by atoms with Crippen LogP contribution in [0.4, 0.5) is 0 Å². The van der Waals surface area contributed by atoms with Gasteiger partial charge in [0.1, 0.15) is 18.9 Å². The minimum absolute atomic E-state index is 0.0000307. The van der Waals surface area contributed by atoms with E-state index >= 15 is 0 Å². The van der Waals surface area contributed by atoms with Crippen LogP contribution in [0.15, 0.2) is 224 Å². The first kappa shape index (κ1) is 137. The second-order valence-electron chi connectivity index (χ2n) is 32.0. The van der Waals surface area contributed by atoms with Crippen LogP contribution in [0.2, 0.25) is 0 Å². The Morgan fingerprint density at radius 3 is 0.866 bits per heavy atom. The van der Waals surface area contributed by atoms with E-state index in [1.54, 1.807) is 68.1 Å². The van der Waals surface area contributed by atoms with Gasteiger partial charge in [0.15, 0.2) is 34.7 Å². The summed E-state index contributed by atoms with van der Waals surface area (Å²) >= 11 is 0. The van der Waals surface area contributed by atoms with E-state index in [1.165, 1.54) is 64.5 Å². The van der Waals surface area contributed by atoms with Crippen LogP contribution < -0.4 is 31.9 Å². The van der Waals surface area contributed by atoms with E-state index in [1.807, 2.05) is 0 Å². The van der Waals surface area contributed by atoms with Crippen molar-refractivity contribution in [3.05, 3.63) is 224 Å². The Hall–Kier alpha value is -13.3. The van der Waals surface area contributed by atoms with E-state index < -0.39 is 6.10 Å². The second-order valence-corrected chi connectivity index (χ2v) is 32.0. The molecule has 790 valence electrons. The molecule has 0 aromatic heterocycles. The van der Waals surface area contributed by atoms with E-state index in [0.717, 1.165) is 12.2 Å². The maximum Gasteiger partial charge on any atom is 0.249 e. The van der Waals surface area contributed by atoms with Gasteiger partial charge in [-0.05, 0) is 185 Å². The molecular formula is C106H162N12O24. The highest BCUT2D eigenvalue weighted by atomic mass is 16.6. The fraction of sp³-hybridized carbons (Fsp3) is 0.491. The molecule has 0 aromatic rings. The Bertz CT molecular complexity index is 4010. The number of nitrogens with one attached hydrogen (secondary N) is 6. The summed E-state index contributed by atoms with van der Waals surface area (Å²) in [4.78, 5) is 218. The fourth-order valence-corrected chi connectivity index (χ4v) is 11.1. The highest BCUT2D eigenvalue weighted by molar-refractivity contribution is 5.97. The van der Waals surface area contributed by atoms with Gasteiger partial charge in [0, 0.05) is 203 Å². The molecule has 0 radical (unpaired) electrons. The Morgan fingerprint density at radius 2 is 0.514 bits per heavy atom. The lowest BCUT2D eigenvalue weighted by Gasteiger charge is -2.28. The number of nitrogens with zero attached hydrogens (tertiary/aromatic N) is 6. The molecule has 0 heterocycles. The molecule has 0 fully saturated rings. The van der Waals surface area contributed by atoms with Crippen LogP contribution in [0.25, 0.3) is 0 Å². The summed E-state index contributed by atoms with van der Waals surface area (Å²) in [6.45, 7) is 83.9. The zero-order chi connectivity index (χ0) is 109. The normalized spacial score (nSPS) is 10.1. The van der Waals surface area contributed by atoms with Crippen molar-refractivity contribution in [2.24, 2.45) is 0 Å². The number of carbonyl (C=O) groups is 18. The lowest BCUT2D eigenvalue weighted by Crippen LogP contribution is -2.44. The standard InChI is InChI=1S/C24H41N3O6.C23H35N3O4.C23H34N2O4.C19H27N3O4.C17H25NO6/c1-18(2)22(28)25-10-7-13-31-16-21(33-15-9-12-27-24(30)20(5)6)17-32-14-8-11-26-23(29)19(3)4;1-16(2)20(27)10-9-12-25(22(29)18(5)6)14-15-26(23(30)19(7)8)13-11-24-21(28)17(3)4;1-5-20(26)14-9-11-16-24(22(28)7-3)18-13-19-25(23(29)8-4)17-12-10-15-21(27)6-2;1-5-16(23)10-9-12-21(18(25)7-3)14-15-22(19(26)8-4)13-11-20-17(24)6-2;1-4-14(19)7-9-22-11-16(24-13-18-17(21)6-3)12-23-10-8-15(20)5-2/h21H,1,3,5,7-17H2,2,4,6H3,(H,25,28)(H,26,29)(H,27,30);1,3,5,7,9-15H2,2,4,6,8H3,(H,24,28);5-8H,1-4,9-19H2;5-8H,1-4,9-15H2,(H,20,24);4-6,16H,1-3,7-13H2,(H,18,21). The largest absolute Gasteiger partial charge is 0.379 e. The van der Waals surface area contributed by atoms with Gasteiger partial charge in [-0.2, -0.15) is 0 Å². The quantitative estimate of drug-likeness (QED) is 0.0188. The minimum Gasteiger partial charge on any atom is -0.379 e. The summed E-state index contributed by atoms with van der Waals surface area (Å²) in [5.74, 6) is -3.18. The smallest absolute Gasteiger partial charge is 0.249 e. The van der Waals surface area contributed by atoms with E-state index in [9.17, 15) is 86.3 Å². The lowest BCUT2D eigenvalue weighted by atomic mass is 10.1. The molecule has 0 spiro atoms. The molecule has 12 amide bonds. The molecule has 0 aliphatic heterocycles. The van der Waals surface area contributed by atoms with Crippen LogP contribution in [0.1, 0.15) is 151 Å². The number of rotatable bonds is 82. The zero-order valence-corrected chi connectivity index (χ0v) is 85.6. The number of hydrogen-bond acceptors (Lipinski definition) is 24. The third kappa shape index (κ3) is 77.6. The molecule has 0 aliphatic carbocycles. The molecule has 0 aromatic carbocycles. The van der Waals surface area contributed by atoms with Gasteiger partial charge < -0.3 is 89.7 Å². The van der Waals surface area contributed by atoms with Crippen LogP contribution in [-0.4, -0.2) is 325 Å². The van der Waals surface area contributed by atoms with Crippen molar-refractivity contribution in [2.45, 2.75) is 163 Å². The monoisotopic (exact) mass is 1990 g/mol. The van der Waals surface area contributed by atoms with Crippen molar-refractivity contribution in [3.63, 3.8) is 0 Å². The molecule has 36 heteroatoms. The molecule has 0 atom stereocenters. The number of Topliss-reactive ketones (excluding diaryl/α,β-unsaturated/α-hetero) is 1. The number of unbranched alkanes of at least 4 members (excludes halogenated alkanes) is 2. The Balaban J connectivity index is -0.000000553. The van der Waals surface area contributed by atoms with Crippen molar-refractivity contribution in [2.75, 3.05) is 177 Å². The zero-order valence-electron chi connectivity index (χ0n) is 85.6. The lowest BCUT2D eigenvalue weighted by molar-refractivity contribution is -0.131. The van der Waals surface area contributed by atoms with Crippen LogP contribution in [0, 0.1) is 0 Å². The Labute approximate surface area is 842 Å². The summed E-state index contributed by atoms with van der Waals surface area (Å²) < 4.78 is 33.4. The molecule has 0 unspecified atom stereocenters. The Morgan fingerprint density at radius 1 is 0.239 bits per heavy atom. The maximum absolute atomic E-state index is 12.5. The average molecular weight is 1990 g/mol. The van der Waals surface area contributed by atoms with Gasteiger partial charge in [0.05, 0.1) is 39.6 Å². The topological polar surface area (TPSA) is 454 Å². The van der Waals surface area contributed by atoms with Gasteiger partial charge in [0.2, 0.25) is 70.9 Å². The molecule has 142 heavy (non-hydrogen) atoms. The summed E-state index contributed by atoms with van der Waals surface area (Å²) in [6.07, 6.45) is 21.2. The SMILES string of the molecule is C=C(C)C(=O)CCCN(CCN(CCNC(=O)C(=C)C)C(=O)C(=C)C)C(=O)C(=C)C.C=C(C)C(=O)NCCCOCC(COCCCNC(=O)C(=C)C)OCCCNC(=O)C(=C)C.C=CC(=O)CCCCN(CCCN(CCCCC(=O)C=C)C(=O)C=C)C(=O)C=C.C=CC(=O)CCCN(CCN(CCNC(=O)C=C)C(=O)C=C)C(=O)C=C.C=CC(=O)CCOCC(COCCC(=O)C=C)OCNC(=O)C=C. The van der Waals surface area contributed by atoms with Crippen molar-refractivity contribution in [1.82, 2.24) is 61.3 Å². The summed E-state index contributed by atoms with van der Waals surface area (Å²) in [5.41, 5.74) is 3.03. The number of amides is 12. The molecular weight excluding hydrogens is 1830 g/mol.